The highest BCUT2D eigenvalue weighted by Gasteiger charge is 2.22. The number of nitrogens with zero attached hydrogens (tertiary/aromatic N) is 2. The minimum Gasteiger partial charge on any atom is -0.496 e. The maximum absolute atomic E-state index is 9.71. The molecule has 1 unspecified atom stereocenters. The summed E-state index contributed by atoms with van der Waals surface area (Å²) < 4.78 is 11.4. The number of aliphatic imine (C=N–C) groups is 1. The van der Waals surface area contributed by atoms with E-state index in [1.165, 1.54) is 5.56 Å². The third-order valence-corrected chi connectivity index (χ3v) is 4.80. The fourth-order valence-electron chi connectivity index (χ4n) is 3.46. The Morgan fingerprint density at radius 2 is 2.12 bits per heavy atom. The Kier molecular flexibility index (Phi) is 7.82. The summed E-state index contributed by atoms with van der Waals surface area (Å²) in [5.41, 5.74) is 2.23. The molecule has 1 fully saturated rings. The van der Waals surface area contributed by atoms with E-state index in [1.54, 1.807) is 7.11 Å². The van der Waals surface area contributed by atoms with Crippen molar-refractivity contribution < 1.29 is 14.6 Å². The molecule has 2 aliphatic rings. The topological polar surface area (TPSA) is 66.3 Å². The maximum Gasteiger partial charge on any atom is 0.194 e. The molecule has 26 heavy (non-hydrogen) atoms. The molecular formula is C19H30IN3O3. The van der Waals surface area contributed by atoms with Gasteiger partial charge in [-0.1, -0.05) is 0 Å². The van der Waals surface area contributed by atoms with Crippen LogP contribution in [0.4, 0.5) is 0 Å². The van der Waals surface area contributed by atoms with Crippen LogP contribution >= 0.6 is 24.0 Å². The zero-order valence-electron chi connectivity index (χ0n) is 15.8. The minimum atomic E-state index is -0.185. The summed E-state index contributed by atoms with van der Waals surface area (Å²) in [6, 6.07) is 4.14. The van der Waals surface area contributed by atoms with Gasteiger partial charge in [0, 0.05) is 37.2 Å². The highest BCUT2D eigenvalue weighted by atomic mass is 127. The predicted molar refractivity (Wildman–Crippen MR) is 114 cm³/mol. The van der Waals surface area contributed by atoms with E-state index in [0.29, 0.717) is 6.54 Å². The fraction of sp³-hybridized carbons (Fsp3) is 0.632. The number of hydrogen-bond donors (Lipinski definition) is 2. The number of rotatable bonds is 4. The quantitative estimate of drug-likeness (QED) is 0.398. The summed E-state index contributed by atoms with van der Waals surface area (Å²) in [4.78, 5) is 7.02. The first-order valence-electron chi connectivity index (χ1n) is 9.18. The smallest absolute Gasteiger partial charge is 0.194 e. The van der Waals surface area contributed by atoms with Gasteiger partial charge in [0.1, 0.15) is 17.6 Å². The fourth-order valence-corrected chi connectivity index (χ4v) is 3.46. The molecule has 2 aliphatic heterocycles. The van der Waals surface area contributed by atoms with E-state index in [2.05, 4.69) is 36.2 Å². The molecule has 6 nitrogen and oxygen atoms in total. The highest BCUT2D eigenvalue weighted by molar-refractivity contribution is 14.0. The van der Waals surface area contributed by atoms with Gasteiger partial charge in [-0.25, -0.2) is 4.99 Å². The molecule has 0 bridgehead atoms. The second-order valence-electron chi connectivity index (χ2n) is 6.79. The van der Waals surface area contributed by atoms with Gasteiger partial charge < -0.3 is 24.8 Å². The number of halogens is 1. The van der Waals surface area contributed by atoms with Crippen molar-refractivity contribution in [2.75, 3.05) is 26.7 Å². The SMILES string of the molecule is CCNC(=NCc1cc2c(cc1OC)CC(C)O2)N1CCC(O)CC1.I. The van der Waals surface area contributed by atoms with Gasteiger partial charge >= 0.3 is 0 Å². The molecule has 0 amide bonds. The summed E-state index contributed by atoms with van der Waals surface area (Å²) in [6.07, 6.45) is 2.54. The first-order valence-corrected chi connectivity index (χ1v) is 9.18. The van der Waals surface area contributed by atoms with Crippen molar-refractivity contribution in [3.63, 3.8) is 0 Å². The Morgan fingerprint density at radius 1 is 1.38 bits per heavy atom. The van der Waals surface area contributed by atoms with Gasteiger partial charge in [-0.2, -0.15) is 0 Å². The number of aliphatic hydroxyl groups excluding tert-OH is 1. The second-order valence-corrected chi connectivity index (χ2v) is 6.79. The maximum atomic E-state index is 9.71. The molecule has 1 aromatic carbocycles. The number of hydrogen-bond acceptors (Lipinski definition) is 4. The molecule has 0 spiro atoms. The normalized spacial score (nSPS) is 20.2. The Bertz CT molecular complexity index is 631. The second kappa shape index (κ2) is 9.64. The molecule has 3 rings (SSSR count). The van der Waals surface area contributed by atoms with E-state index in [-0.39, 0.29) is 36.2 Å². The van der Waals surface area contributed by atoms with E-state index in [1.807, 2.05) is 0 Å². The lowest BCUT2D eigenvalue weighted by atomic mass is 10.1. The zero-order valence-corrected chi connectivity index (χ0v) is 18.2. The van der Waals surface area contributed by atoms with Crippen LogP contribution in [0.25, 0.3) is 0 Å². The molecule has 1 aromatic rings. The Balaban J connectivity index is 0.00000243. The molecule has 0 aliphatic carbocycles. The van der Waals surface area contributed by atoms with Crippen molar-refractivity contribution in [1.82, 2.24) is 10.2 Å². The summed E-state index contributed by atoms with van der Waals surface area (Å²) in [5, 5.41) is 13.1. The molecule has 0 aromatic heterocycles. The third kappa shape index (κ3) is 4.94. The van der Waals surface area contributed by atoms with Crippen LogP contribution in [-0.4, -0.2) is 54.9 Å². The number of ether oxygens (including phenoxy) is 2. The lowest BCUT2D eigenvalue weighted by Crippen LogP contribution is -2.46. The number of methoxy groups -OCH3 is 1. The average molecular weight is 475 g/mol. The van der Waals surface area contributed by atoms with Gasteiger partial charge in [-0.3, -0.25) is 0 Å². The van der Waals surface area contributed by atoms with E-state index in [9.17, 15) is 5.11 Å². The van der Waals surface area contributed by atoms with Crippen LogP contribution in [0.15, 0.2) is 17.1 Å². The number of aliphatic hydroxyl groups is 1. The molecule has 1 saturated heterocycles. The van der Waals surface area contributed by atoms with Crippen molar-refractivity contribution in [3.8, 4) is 11.5 Å². The van der Waals surface area contributed by atoms with Crippen LogP contribution in [0.1, 0.15) is 37.8 Å². The number of guanidine groups is 1. The number of nitrogens with one attached hydrogen (secondary N) is 1. The van der Waals surface area contributed by atoms with Crippen LogP contribution in [0, 0.1) is 0 Å². The Labute approximate surface area is 173 Å². The molecule has 2 N–H and O–H groups in total. The minimum absolute atomic E-state index is 0. The van der Waals surface area contributed by atoms with Crippen molar-refractivity contribution in [3.05, 3.63) is 23.3 Å². The highest BCUT2D eigenvalue weighted by Crippen LogP contribution is 2.35. The van der Waals surface area contributed by atoms with Crippen molar-refractivity contribution in [1.29, 1.82) is 0 Å². The van der Waals surface area contributed by atoms with Gasteiger partial charge in [0.2, 0.25) is 0 Å². The first kappa shape index (κ1) is 21.1. The summed E-state index contributed by atoms with van der Waals surface area (Å²) in [5.74, 6) is 2.71. The molecule has 146 valence electrons. The first-order chi connectivity index (χ1) is 12.1. The van der Waals surface area contributed by atoms with Crippen LogP contribution in [-0.2, 0) is 13.0 Å². The van der Waals surface area contributed by atoms with Crippen LogP contribution in [0.5, 0.6) is 11.5 Å². The number of fused-ring (bicyclic) bond motifs is 1. The standard InChI is InChI=1S/C19H29N3O3.HI/c1-4-20-19(22-7-5-16(23)6-8-22)21-12-15-11-18-14(9-13(2)25-18)10-17(15)24-3;/h10-11,13,16,23H,4-9,12H2,1-3H3,(H,20,21);1H. The number of piperidine rings is 1. The van der Waals surface area contributed by atoms with Gasteiger partial charge in [0.05, 0.1) is 19.8 Å². The molecular weight excluding hydrogens is 445 g/mol. The van der Waals surface area contributed by atoms with Gasteiger partial charge in [0.15, 0.2) is 5.96 Å². The molecule has 0 saturated carbocycles. The Hall–Kier alpha value is -1.22. The van der Waals surface area contributed by atoms with Crippen molar-refractivity contribution in [2.45, 2.75) is 51.9 Å². The predicted octanol–water partition coefficient (Wildman–Crippen LogP) is 2.56. The largest absolute Gasteiger partial charge is 0.496 e. The van der Waals surface area contributed by atoms with Gasteiger partial charge in [-0.05, 0) is 38.8 Å². The molecule has 2 heterocycles. The summed E-state index contributed by atoms with van der Waals surface area (Å²) in [6.45, 7) is 7.16. The molecule has 0 radical (unpaired) electrons. The zero-order chi connectivity index (χ0) is 17.8. The van der Waals surface area contributed by atoms with Crippen molar-refractivity contribution >= 4 is 29.9 Å². The lowest BCUT2D eigenvalue weighted by Gasteiger charge is -2.32. The van der Waals surface area contributed by atoms with E-state index < -0.39 is 0 Å². The summed E-state index contributed by atoms with van der Waals surface area (Å²) in [7, 11) is 1.70. The average Bonchev–Trinajstić information content (AvgIpc) is 2.97. The van der Waals surface area contributed by atoms with Crippen LogP contribution in [0.3, 0.4) is 0 Å². The van der Waals surface area contributed by atoms with E-state index >= 15 is 0 Å². The summed E-state index contributed by atoms with van der Waals surface area (Å²) >= 11 is 0. The lowest BCUT2D eigenvalue weighted by molar-refractivity contribution is 0.108. The van der Waals surface area contributed by atoms with Crippen LogP contribution in [0.2, 0.25) is 0 Å². The monoisotopic (exact) mass is 475 g/mol. The third-order valence-electron chi connectivity index (χ3n) is 4.80. The van der Waals surface area contributed by atoms with Gasteiger partial charge in [-0.15, -0.1) is 24.0 Å². The van der Waals surface area contributed by atoms with E-state index in [0.717, 1.165) is 61.9 Å². The number of likely N-dealkylation sites (tertiary alicyclic amines) is 1. The van der Waals surface area contributed by atoms with Crippen LogP contribution < -0.4 is 14.8 Å². The Morgan fingerprint density at radius 3 is 2.77 bits per heavy atom. The van der Waals surface area contributed by atoms with Crippen molar-refractivity contribution in [2.24, 2.45) is 4.99 Å². The molecule has 7 heteroatoms. The number of benzene rings is 1. The van der Waals surface area contributed by atoms with Gasteiger partial charge in [0.25, 0.3) is 0 Å². The molecule has 1 atom stereocenters. The van der Waals surface area contributed by atoms with E-state index in [4.69, 9.17) is 14.5 Å².